The highest BCUT2D eigenvalue weighted by Crippen LogP contribution is 2.18. The van der Waals surface area contributed by atoms with Crippen molar-refractivity contribution in [3.8, 4) is 0 Å². The van der Waals surface area contributed by atoms with Crippen LogP contribution in [0.4, 0.5) is 10.5 Å². The van der Waals surface area contributed by atoms with Crippen molar-refractivity contribution in [2.24, 2.45) is 0 Å². The third-order valence-electron chi connectivity index (χ3n) is 1.81. The molecule has 2 amide bonds. The lowest BCUT2D eigenvalue weighted by atomic mass is 10.1. The molecule has 1 rings (SSSR count). The minimum Gasteiger partial charge on any atom is -0.307 e. The highest BCUT2D eigenvalue weighted by Gasteiger charge is 2.04. The van der Waals surface area contributed by atoms with E-state index < -0.39 is 0 Å². The molecule has 0 aliphatic heterocycles. The summed E-state index contributed by atoms with van der Waals surface area (Å²) in [6.45, 7) is 3.94. The molecule has 13 heavy (non-hydrogen) atoms. The molecule has 0 spiro atoms. The molecule has 0 atom stereocenters. The van der Waals surface area contributed by atoms with Crippen LogP contribution in [0.1, 0.15) is 11.1 Å². The van der Waals surface area contributed by atoms with Crippen LogP contribution in [0.3, 0.4) is 0 Å². The molecule has 1 aromatic rings. The number of benzene rings is 1. The second-order valence-corrected chi connectivity index (χ2v) is 3.35. The maximum absolute atomic E-state index is 11.1. The number of nitrogens with one attached hydrogen (secondary N) is 2. The lowest BCUT2D eigenvalue weighted by Crippen LogP contribution is -2.20. The van der Waals surface area contributed by atoms with Crippen LogP contribution >= 0.6 is 22.9 Å². The standard InChI is InChI=1S/C9H11IN2O/c1-6-4-3-5-7(2)8(6)11-9(13)12-10/h3-5H,1-2H3,(H2,11,12,13). The normalized spacial score (nSPS) is 9.46. The van der Waals surface area contributed by atoms with Gasteiger partial charge in [-0.25, -0.2) is 4.79 Å². The van der Waals surface area contributed by atoms with Crippen molar-refractivity contribution in [2.75, 3.05) is 5.32 Å². The van der Waals surface area contributed by atoms with Crippen molar-refractivity contribution >= 4 is 34.6 Å². The smallest absolute Gasteiger partial charge is 0.307 e. The molecule has 70 valence electrons. The molecular weight excluding hydrogens is 279 g/mol. The lowest BCUT2D eigenvalue weighted by molar-refractivity contribution is 0.258. The fraction of sp³-hybridized carbons (Fsp3) is 0.222. The third-order valence-corrected chi connectivity index (χ3v) is 2.30. The topological polar surface area (TPSA) is 41.1 Å². The fourth-order valence-corrected chi connectivity index (χ4v) is 1.28. The summed E-state index contributed by atoms with van der Waals surface area (Å²) in [5.41, 5.74) is 3.02. The number of anilines is 1. The van der Waals surface area contributed by atoms with Gasteiger partial charge in [-0.1, -0.05) is 18.2 Å². The first-order valence-corrected chi connectivity index (χ1v) is 4.97. The third kappa shape index (κ3) is 2.58. The predicted molar refractivity (Wildman–Crippen MR) is 62.1 cm³/mol. The summed E-state index contributed by atoms with van der Waals surface area (Å²) in [6, 6.07) is 5.71. The van der Waals surface area contributed by atoms with E-state index in [4.69, 9.17) is 0 Å². The Balaban J connectivity index is 2.93. The second kappa shape index (κ2) is 4.45. The van der Waals surface area contributed by atoms with E-state index in [0.717, 1.165) is 16.8 Å². The molecule has 2 N–H and O–H groups in total. The number of hydrogen-bond acceptors (Lipinski definition) is 1. The summed E-state index contributed by atoms with van der Waals surface area (Å²) in [6.07, 6.45) is 0. The van der Waals surface area contributed by atoms with E-state index in [1.807, 2.05) is 32.0 Å². The van der Waals surface area contributed by atoms with Crippen LogP contribution in [0.2, 0.25) is 0 Å². The van der Waals surface area contributed by atoms with Gasteiger partial charge in [0.2, 0.25) is 0 Å². The number of aryl methyl sites for hydroxylation is 2. The first-order valence-electron chi connectivity index (χ1n) is 3.89. The SMILES string of the molecule is Cc1cccc(C)c1NC(=O)NI. The first-order chi connectivity index (χ1) is 6.15. The summed E-state index contributed by atoms with van der Waals surface area (Å²) in [5.74, 6) is 0. The number of rotatable bonds is 1. The number of carbonyl (C=O) groups is 1. The Bertz CT molecular complexity index is 305. The van der Waals surface area contributed by atoms with Crippen LogP contribution in [0.15, 0.2) is 18.2 Å². The van der Waals surface area contributed by atoms with Gasteiger partial charge in [0.15, 0.2) is 0 Å². The van der Waals surface area contributed by atoms with Gasteiger partial charge in [0.25, 0.3) is 0 Å². The zero-order valence-corrected chi connectivity index (χ0v) is 9.68. The number of amides is 2. The summed E-state index contributed by atoms with van der Waals surface area (Å²) < 4.78 is 2.49. The largest absolute Gasteiger partial charge is 0.327 e. The van der Waals surface area contributed by atoms with Gasteiger partial charge >= 0.3 is 6.03 Å². The van der Waals surface area contributed by atoms with Gasteiger partial charge in [-0.2, -0.15) is 0 Å². The van der Waals surface area contributed by atoms with Gasteiger partial charge in [0, 0.05) is 5.69 Å². The number of para-hydroxylation sites is 1. The van der Waals surface area contributed by atoms with Crippen molar-refractivity contribution < 1.29 is 4.79 Å². The number of hydrogen-bond donors (Lipinski definition) is 2. The highest BCUT2D eigenvalue weighted by molar-refractivity contribution is 14.1. The fourth-order valence-electron chi connectivity index (χ4n) is 1.15. The minimum absolute atomic E-state index is 0.196. The molecule has 0 fully saturated rings. The lowest BCUT2D eigenvalue weighted by Gasteiger charge is -2.09. The van der Waals surface area contributed by atoms with E-state index in [9.17, 15) is 4.79 Å². The molecule has 0 saturated heterocycles. The Hall–Kier alpha value is -0.780. The Labute approximate surface area is 91.4 Å². The maximum Gasteiger partial charge on any atom is 0.327 e. The van der Waals surface area contributed by atoms with Crippen LogP contribution in [-0.4, -0.2) is 6.03 Å². The molecule has 0 bridgehead atoms. The van der Waals surface area contributed by atoms with E-state index in [1.165, 1.54) is 0 Å². The Kier molecular flexibility index (Phi) is 3.53. The van der Waals surface area contributed by atoms with Crippen molar-refractivity contribution in [3.05, 3.63) is 29.3 Å². The number of carbonyl (C=O) groups excluding carboxylic acids is 1. The minimum atomic E-state index is -0.196. The molecule has 1 aromatic carbocycles. The molecule has 4 heteroatoms. The first kappa shape index (κ1) is 10.3. The average molecular weight is 290 g/mol. The van der Waals surface area contributed by atoms with Crippen LogP contribution in [0.5, 0.6) is 0 Å². The van der Waals surface area contributed by atoms with E-state index >= 15 is 0 Å². The number of urea groups is 1. The summed E-state index contributed by atoms with van der Waals surface area (Å²) in [7, 11) is 0. The summed E-state index contributed by atoms with van der Waals surface area (Å²) >= 11 is 1.80. The highest BCUT2D eigenvalue weighted by atomic mass is 127. The molecule has 0 unspecified atom stereocenters. The van der Waals surface area contributed by atoms with Crippen LogP contribution in [-0.2, 0) is 0 Å². The van der Waals surface area contributed by atoms with Crippen LogP contribution < -0.4 is 8.85 Å². The molecule has 0 aliphatic carbocycles. The van der Waals surface area contributed by atoms with E-state index in [-0.39, 0.29) is 6.03 Å². The zero-order chi connectivity index (χ0) is 9.84. The van der Waals surface area contributed by atoms with Gasteiger partial charge in [-0.15, -0.1) is 0 Å². The average Bonchev–Trinajstić information content (AvgIpc) is 2.11. The van der Waals surface area contributed by atoms with Gasteiger partial charge in [-0.3, -0.25) is 3.53 Å². The Morgan fingerprint density at radius 2 is 1.85 bits per heavy atom. The molecule has 3 nitrogen and oxygen atoms in total. The van der Waals surface area contributed by atoms with Crippen LogP contribution in [0, 0.1) is 13.8 Å². The van der Waals surface area contributed by atoms with Gasteiger partial charge in [-0.05, 0) is 25.0 Å². The summed E-state index contributed by atoms with van der Waals surface area (Å²) in [4.78, 5) is 11.1. The van der Waals surface area contributed by atoms with Crippen LogP contribution in [0.25, 0.3) is 0 Å². The van der Waals surface area contributed by atoms with Gasteiger partial charge in [0.1, 0.15) is 0 Å². The molecule has 0 heterocycles. The quantitative estimate of drug-likeness (QED) is 0.606. The van der Waals surface area contributed by atoms with Crippen molar-refractivity contribution in [1.29, 1.82) is 0 Å². The molecule has 0 saturated carbocycles. The monoisotopic (exact) mass is 290 g/mol. The van der Waals surface area contributed by atoms with Crippen molar-refractivity contribution in [3.63, 3.8) is 0 Å². The Morgan fingerprint density at radius 1 is 1.31 bits per heavy atom. The van der Waals surface area contributed by atoms with Crippen molar-refractivity contribution in [1.82, 2.24) is 3.53 Å². The second-order valence-electron chi connectivity index (χ2n) is 2.82. The zero-order valence-electron chi connectivity index (χ0n) is 7.52. The van der Waals surface area contributed by atoms with E-state index in [0.29, 0.717) is 0 Å². The molecule has 0 radical (unpaired) electrons. The van der Waals surface area contributed by atoms with E-state index in [1.54, 1.807) is 22.9 Å². The van der Waals surface area contributed by atoms with Gasteiger partial charge in [0.05, 0.1) is 22.9 Å². The van der Waals surface area contributed by atoms with Gasteiger partial charge < -0.3 is 5.32 Å². The summed E-state index contributed by atoms with van der Waals surface area (Å²) in [5, 5.41) is 2.77. The van der Waals surface area contributed by atoms with Crippen molar-refractivity contribution in [2.45, 2.75) is 13.8 Å². The Morgan fingerprint density at radius 3 is 2.31 bits per heavy atom. The number of halogens is 1. The molecule has 0 aromatic heterocycles. The maximum atomic E-state index is 11.1. The molecule has 0 aliphatic rings. The predicted octanol–water partition coefficient (Wildman–Crippen LogP) is 2.77. The van der Waals surface area contributed by atoms with E-state index in [2.05, 4.69) is 8.85 Å². The molecular formula is C9H11IN2O.